The van der Waals surface area contributed by atoms with E-state index in [9.17, 15) is 14.7 Å². The molecular formula is C22H24N2O4. The van der Waals surface area contributed by atoms with Crippen molar-refractivity contribution in [3.8, 4) is 5.75 Å². The number of pyridine rings is 1. The van der Waals surface area contributed by atoms with Gasteiger partial charge in [0.05, 0.1) is 18.2 Å². The van der Waals surface area contributed by atoms with Gasteiger partial charge < -0.3 is 9.84 Å². The zero-order valence-electron chi connectivity index (χ0n) is 16.3. The van der Waals surface area contributed by atoms with Gasteiger partial charge in [0.15, 0.2) is 11.5 Å². The van der Waals surface area contributed by atoms with Crippen molar-refractivity contribution in [2.75, 3.05) is 11.5 Å². The van der Waals surface area contributed by atoms with Gasteiger partial charge in [-0.2, -0.15) is 0 Å². The van der Waals surface area contributed by atoms with E-state index in [1.54, 1.807) is 48.8 Å². The smallest absolute Gasteiger partial charge is 0.294 e. The lowest BCUT2D eigenvalue weighted by Crippen LogP contribution is -2.31. The second kappa shape index (κ2) is 8.25. The summed E-state index contributed by atoms with van der Waals surface area (Å²) in [6, 6.07) is 9.86. The summed E-state index contributed by atoms with van der Waals surface area (Å²) in [7, 11) is 0. The zero-order valence-corrected chi connectivity index (χ0v) is 16.3. The average molecular weight is 380 g/mol. The molecule has 0 fully saturated rings. The fraction of sp³-hybridized carbons (Fsp3) is 0.318. The molecule has 1 atom stereocenters. The summed E-state index contributed by atoms with van der Waals surface area (Å²) >= 11 is 0. The molecule has 2 aromatic rings. The van der Waals surface area contributed by atoms with E-state index >= 15 is 0 Å². The van der Waals surface area contributed by atoms with Crippen LogP contribution in [-0.4, -0.2) is 28.4 Å². The van der Waals surface area contributed by atoms with E-state index in [1.165, 1.54) is 4.90 Å². The standard InChI is InChI=1S/C22H24N2O4/c1-4-28-17-7-5-6-16(13-17)24-20(15-8-10-23-11-9-15)19(21(26)22(24)27)18(25)12-14(2)3/h5-11,13-14,20,26H,4,12H2,1-3H3. The Balaban J connectivity index is 2.11. The summed E-state index contributed by atoms with van der Waals surface area (Å²) in [4.78, 5) is 31.3. The van der Waals surface area contributed by atoms with Gasteiger partial charge in [-0.1, -0.05) is 19.9 Å². The lowest BCUT2D eigenvalue weighted by atomic mass is 9.92. The summed E-state index contributed by atoms with van der Waals surface area (Å²) in [5.74, 6) is -0.595. The van der Waals surface area contributed by atoms with Crippen LogP contribution in [0.2, 0.25) is 0 Å². The highest BCUT2D eigenvalue weighted by molar-refractivity contribution is 6.16. The van der Waals surface area contributed by atoms with Crippen molar-refractivity contribution in [3.05, 3.63) is 65.7 Å². The molecule has 1 unspecified atom stereocenters. The third-order valence-corrected chi connectivity index (χ3v) is 4.53. The second-order valence-electron chi connectivity index (χ2n) is 7.07. The van der Waals surface area contributed by atoms with Crippen LogP contribution in [0.5, 0.6) is 5.75 Å². The average Bonchev–Trinajstić information content (AvgIpc) is 2.94. The molecule has 0 spiro atoms. The van der Waals surface area contributed by atoms with Crippen LogP contribution in [0.3, 0.4) is 0 Å². The molecule has 1 aromatic heterocycles. The highest BCUT2D eigenvalue weighted by atomic mass is 16.5. The van der Waals surface area contributed by atoms with Crippen molar-refractivity contribution in [3.63, 3.8) is 0 Å². The van der Waals surface area contributed by atoms with Crippen molar-refractivity contribution in [2.24, 2.45) is 5.92 Å². The van der Waals surface area contributed by atoms with Crippen molar-refractivity contribution < 1.29 is 19.4 Å². The Morgan fingerprint density at radius 3 is 2.61 bits per heavy atom. The predicted molar refractivity (Wildman–Crippen MR) is 106 cm³/mol. The van der Waals surface area contributed by atoms with Crippen molar-refractivity contribution in [2.45, 2.75) is 33.2 Å². The van der Waals surface area contributed by atoms with E-state index < -0.39 is 17.7 Å². The summed E-state index contributed by atoms with van der Waals surface area (Å²) in [6.07, 6.45) is 3.46. The Morgan fingerprint density at radius 1 is 1.25 bits per heavy atom. The number of hydrogen-bond acceptors (Lipinski definition) is 5. The fourth-order valence-corrected chi connectivity index (χ4v) is 3.39. The van der Waals surface area contributed by atoms with Crippen LogP contribution in [0, 0.1) is 5.92 Å². The molecule has 1 aliphatic heterocycles. The van der Waals surface area contributed by atoms with E-state index in [0.29, 0.717) is 23.6 Å². The number of Topliss-reactive ketones (excluding diaryl/α,β-unsaturated/α-hetero) is 1. The molecule has 1 aromatic carbocycles. The number of aliphatic hydroxyl groups excluding tert-OH is 1. The summed E-state index contributed by atoms with van der Waals surface area (Å²) in [5, 5.41) is 10.6. The maximum atomic E-state index is 13.0. The molecule has 146 valence electrons. The number of amides is 1. The monoisotopic (exact) mass is 380 g/mol. The minimum Gasteiger partial charge on any atom is -0.503 e. The van der Waals surface area contributed by atoms with Crippen LogP contribution >= 0.6 is 0 Å². The third kappa shape index (κ3) is 3.76. The number of ether oxygens (including phenoxy) is 1. The fourth-order valence-electron chi connectivity index (χ4n) is 3.39. The van der Waals surface area contributed by atoms with E-state index in [0.717, 1.165) is 0 Å². The molecule has 6 nitrogen and oxygen atoms in total. The number of nitrogens with zero attached hydrogens (tertiary/aromatic N) is 2. The first-order chi connectivity index (χ1) is 13.4. The van der Waals surface area contributed by atoms with Gasteiger partial charge in [-0.25, -0.2) is 0 Å². The summed E-state index contributed by atoms with van der Waals surface area (Å²) in [6.45, 7) is 6.23. The minimum atomic E-state index is -0.710. The Hall–Kier alpha value is -3.15. The Kier molecular flexibility index (Phi) is 5.78. The van der Waals surface area contributed by atoms with Crippen molar-refractivity contribution >= 4 is 17.4 Å². The quantitative estimate of drug-likeness (QED) is 0.785. The highest BCUT2D eigenvalue weighted by Crippen LogP contribution is 2.42. The van der Waals surface area contributed by atoms with Gasteiger partial charge >= 0.3 is 0 Å². The Labute approximate surface area is 164 Å². The molecule has 3 rings (SSSR count). The Morgan fingerprint density at radius 2 is 1.96 bits per heavy atom. The number of carbonyl (C=O) groups is 2. The van der Waals surface area contributed by atoms with Crippen LogP contribution in [0.15, 0.2) is 60.1 Å². The van der Waals surface area contributed by atoms with Gasteiger partial charge in [0, 0.05) is 30.6 Å². The number of aliphatic hydroxyl groups is 1. The molecule has 0 aliphatic carbocycles. The third-order valence-electron chi connectivity index (χ3n) is 4.53. The number of benzene rings is 1. The first kappa shape index (κ1) is 19.6. The van der Waals surface area contributed by atoms with Gasteiger partial charge in [-0.05, 0) is 42.7 Å². The van der Waals surface area contributed by atoms with Crippen LogP contribution in [0.1, 0.15) is 38.8 Å². The van der Waals surface area contributed by atoms with Crippen LogP contribution in [-0.2, 0) is 9.59 Å². The minimum absolute atomic E-state index is 0.108. The topological polar surface area (TPSA) is 79.7 Å². The predicted octanol–water partition coefficient (Wildman–Crippen LogP) is 4.00. The van der Waals surface area contributed by atoms with E-state index in [1.807, 2.05) is 20.8 Å². The van der Waals surface area contributed by atoms with Crippen molar-refractivity contribution in [1.29, 1.82) is 0 Å². The first-order valence-corrected chi connectivity index (χ1v) is 9.36. The van der Waals surface area contributed by atoms with Gasteiger partial charge in [-0.15, -0.1) is 0 Å². The molecule has 1 amide bonds. The molecule has 0 saturated carbocycles. The molecule has 6 heteroatoms. The molecule has 0 radical (unpaired) electrons. The molecule has 1 aliphatic rings. The lowest BCUT2D eigenvalue weighted by Gasteiger charge is -2.27. The SMILES string of the molecule is CCOc1cccc(N2C(=O)C(O)=C(C(=O)CC(C)C)C2c2ccncc2)c1. The molecule has 1 N–H and O–H groups in total. The van der Waals surface area contributed by atoms with Gasteiger partial charge in [0.1, 0.15) is 5.75 Å². The van der Waals surface area contributed by atoms with E-state index in [2.05, 4.69) is 4.98 Å². The largest absolute Gasteiger partial charge is 0.503 e. The van der Waals surface area contributed by atoms with Crippen LogP contribution < -0.4 is 9.64 Å². The van der Waals surface area contributed by atoms with E-state index in [-0.39, 0.29) is 23.7 Å². The van der Waals surface area contributed by atoms with Gasteiger partial charge in [0.25, 0.3) is 5.91 Å². The maximum Gasteiger partial charge on any atom is 0.294 e. The Bertz CT molecular complexity index is 906. The highest BCUT2D eigenvalue weighted by Gasteiger charge is 2.44. The molecule has 0 saturated heterocycles. The summed E-state index contributed by atoms with van der Waals surface area (Å²) in [5.41, 5.74) is 1.39. The molecular weight excluding hydrogens is 356 g/mol. The maximum absolute atomic E-state index is 13.0. The number of carbonyl (C=O) groups excluding carboxylic acids is 2. The molecule has 2 heterocycles. The molecule has 0 bridgehead atoms. The first-order valence-electron chi connectivity index (χ1n) is 9.36. The second-order valence-corrected chi connectivity index (χ2v) is 7.07. The van der Waals surface area contributed by atoms with Crippen LogP contribution in [0.25, 0.3) is 0 Å². The van der Waals surface area contributed by atoms with Crippen LogP contribution in [0.4, 0.5) is 5.69 Å². The summed E-state index contributed by atoms with van der Waals surface area (Å²) < 4.78 is 5.55. The van der Waals surface area contributed by atoms with Crippen molar-refractivity contribution in [1.82, 2.24) is 4.98 Å². The van der Waals surface area contributed by atoms with E-state index in [4.69, 9.17) is 4.74 Å². The number of ketones is 1. The molecule has 28 heavy (non-hydrogen) atoms. The normalized spacial score (nSPS) is 16.8. The lowest BCUT2D eigenvalue weighted by molar-refractivity contribution is -0.118. The number of rotatable bonds is 7. The number of hydrogen-bond donors (Lipinski definition) is 1. The number of aromatic nitrogens is 1. The zero-order chi connectivity index (χ0) is 20.3. The van der Waals surface area contributed by atoms with Gasteiger partial charge in [0.2, 0.25) is 0 Å². The number of anilines is 1. The van der Waals surface area contributed by atoms with Gasteiger partial charge in [-0.3, -0.25) is 19.5 Å².